The standard InChI is InChI=1S/C18H21N3O2/c22-16-6-5-13-8-12(9-19-18(13)20-16)4-7-17(23)21-10-14-2-1-3-15(14)11-21/h1-2,8-9,14-15H,3-7,10-11H2,(H,19,20,22). The molecule has 1 N–H and O–H groups in total. The van der Waals surface area contributed by atoms with Crippen molar-refractivity contribution < 1.29 is 9.59 Å². The fraction of sp³-hybridized carbons (Fsp3) is 0.500. The molecule has 0 saturated carbocycles. The smallest absolute Gasteiger partial charge is 0.225 e. The van der Waals surface area contributed by atoms with Crippen molar-refractivity contribution in [3.8, 4) is 0 Å². The first kappa shape index (κ1) is 14.4. The van der Waals surface area contributed by atoms with Gasteiger partial charge in [0.05, 0.1) is 0 Å². The summed E-state index contributed by atoms with van der Waals surface area (Å²) in [5.41, 5.74) is 2.16. The third-order valence-corrected chi connectivity index (χ3v) is 5.20. The van der Waals surface area contributed by atoms with Gasteiger partial charge in [0.2, 0.25) is 11.8 Å². The number of aromatic nitrogens is 1. The predicted octanol–water partition coefficient (Wildman–Crippen LogP) is 1.93. The fourth-order valence-corrected chi connectivity index (χ4v) is 3.85. The van der Waals surface area contributed by atoms with E-state index in [1.807, 2.05) is 4.90 Å². The molecule has 120 valence electrons. The fourth-order valence-electron chi connectivity index (χ4n) is 3.85. The molecule has 23 heavy (non-hydrogen) atoms. The maximum atomic E-state index is 12.4. The molecule has 3 heterocycles. The molecule has 1 aromatic rings. The molecule has 2 unspecified atom stereocenters. The molecule has 1 aromatic heterocycles. The van der Waals surface area contributed by atoms with Crippen molar-refractivity contribution >= 4 is 17.6 Å². The summed E-state index contributed by atoms with van der Waals surface area (Å²) in [5.74, 6) is 2.18. The SMILES string of the molecule is O=C1CCc2cc(CCC(=O)N3CC4C=CCC4C3)cnc2N1. The molecular weight excluding hydrogens is 290 g/mol. The van der Waals surface area contributed by atoms with Crippen molar-refractivity contribution in [2.45, 2.75) is 32.1 Å². The Labute approximate surface area is 135 Å². The minimum atomic E-state index is 0.0292. The number of anilines is 1. The highest BCUT2D eigenvalue weighted by molar-refractivity contribution is 5.92. The highest BCUT2D eigenvalue weighted by Crippen LogP contribution is 2.33. The van der Waals surface area contributed by atoms with Gasteiger partial charge in [0.25, 0.3) is 0 Å². The Morgan fingerprint density at radius 2 is 2.26 bits per heavy atom. The molecule has 2 atom stereocenters. The van der Waals surface area contributed by atoms with Crippen LogP contribution in [0, 0.1) is 11.8 Å². The largest absolute Gasteiger partial charge is 0.342 e. The molecule has 1 saturated heterocycles. The second kappa shape index (κ2) is 5.80. The Hall–Kier alpha value is -2.17. The average Bonchev–Trinajstić information content (AvgIpc) is 3.14. The minimum Gasteiger partial charge on any atom is -0.342 e. The summed E-state index contributed by atoms with van der Waals surface area (Å²) < 4.78 is 0. The van der Waals surface area contributed by atoms with Gasteiger partial charge < -0.3 is 10.2 Å². The third-order valence-electron chi connectivity index (χ3n) is 5.20. The van der Waals surface area contributed by atoms with Crippen molar-refractivity contribution in [2.24, 2.45) is 11.8 Å². The van der Waals surface area contributed by atoms with Crippen LogP contribution >= 0.6 is 0 Å². The molecule has 2 amide bonds. The van der Waals surface area contributed by atoms with E-state index in [9.17, 15) is 9.59 Å². The molecule has 5 heteroatoms. The number of pyridine rings is 1. The Balaban J connectivity index is 1.35. The summed E-state index contributed by atoms with van der Waals surface area (Å²) in [6.07, 6.45) is 9.91. The maximum absolute atomic E-state index is 12.4. The van der Waals surface area contributed by atoms with E-state index in [4.69, 9.17) is 0 Å². The Bertz CT molecular complexity index is 683. The normalized spacial score (nSPS) is 25.2. The van der Waals surface area contributed by atoms with Gasteiger partial charge in [0, 0.05) is 32.1 Å². The van der Waals surface area contributed by atoms with Gasteiger partial charge in [-0.1, -0.05) is 18.2 Å². The Kier molecular flexibility index (Phi) is 3.63. The quantitative estimate of drug-likeness (QED) is 0.868. The van der Waals surface area contributed by atoms with Crippen molar-refractivity contribution in [2.75, 3.05) is 18.4 Å². The molecule has 0 spiro atoms. The summed E-state index contributed by atoms with van der Waals surface area (Å²) in [4.78, 5) is 30.1. The number of nitrogens with one attached hydrogen (secondary N) is 1. The molecule has 0 bridgehead atoms. The average molecular weight is 311 g/mol. The lowest BCUT2D eigenvalue weighted by Gasteiger charge is -2.18. The molecular formula is C18H21N3O2. The van der Waals surface area contributed by atoms with Crippen molar-refractivity contribution in [1.82, 2.24) is 9.88 Å². The first-order chi connectivity index (χ1) is 11.2. The topological polar surface area (TPSA) is 62.3 Å². The van der Waals surface area contributed by atoms with E-state index >= 15 is 0 Å². The van der Waals surface area contributed by atoms with Gasteiger partial charge in [0.15, 0.2) is 0 Å². The van der Waals surface area contributed by atoms with Crippen LogP contribution < -0.4 is 5.32 Å². The molecule has 1 fully saturated rings. The van der Waals surface area contributed by atoms with Crippen LogP contribution in [0.3, 0.4) is 0 Å². The number of fused-ring (bicyclic) bond motifs is 2. The zero-order chi connectivity index (χ0) is 15.8. The van der Waals surface area contributed by atoms with Crippen LogP contribution in [0.2, 0.25) is 0 Å². The van der Waals surface area contributed by atoms with Crippen molar-refractivity contribution in [1.29, 1.82) is 0 Å². The summed E-state index contributed by atoms with van der Waals surface area (Å²) in [6.45, 7) is 1.79. The van der Waals surface area contributed by atoms with Gasteiger partial charge in [0.1, 0.15) is 5.82 Å². The van der Waals surface area contributed by atoms with Crippen LogP contribution in [0.4, 0.5) is 5.82 Å². The van der Waals surface area contributed by atoms with Crippen LogP contribution in [0.5, 0.6) is 0 Å². The number of hydrogen-bond donors (Lipinski definition) is 1. The number of allylic oxidation sites excluding steroid dienone is 1. The first-order valence-electron chi connectivity index (χ1n) is 8.41. The van der Waals surface area contributed by atoms with E-state index in [0.29, 0.717) is 36.9 Å². The minimum absolute atomic E-state index is 0.0292. The summed E-state index contributed by atoms with van der Waals surface area (Å²) in [7, 11) is 0. The van der Waals surface area contributed by atoms with E-state index in [1.165, 1.54) is 0 Å². The molecule has 2 aliphatic heterocycles. The van der Waals surface area contributed by atoms with Crippen molar-refractivity contribution in [3.05, 3.63) is 35.5 Å². The van der Waals surface area contributed by atoms with E-state index in [-0.39, 0.29) is 11.8 Å². The van der Waals surface area contributed by atoms with Gasteiger partial charge in [-0.25, -0.2) is 4.98 Å². The van der Waals surface area contributed by atoms with Gasteiger partial charge in [-0.15, -0.1) is 0 Å². The number of carbonyl (C=O) groups is 2. The highest BCUT2D eigenvalue weighted by Gasteiger charge is 2.35. The number of amides is 2. The highest BCUT2D eigenvalue weighted by atomic mass is 16.2. The summed E-state index contributed by atoms with van der Waals surface area (Å²) in [6, 6.07) is 2.08. The Morgan fingerprint density at radius 1 is 1.35 bits per heavy atom. The van der Waals surface area contributed by atoms with Crippen LogP contribution in [-0.4, -0.2) is 34.8 Å². The first-order valence-corrected chi connectivity index (χ1v) is 8.41. The third kappa shape index (κ3) is 2.87. The molecule has 0 aromatic carbocycles. The zero-order valence-corrected chi connectivity index (χ0v) is 13.1. The number of hydrogen-bond acceptors (Lipinski definition) is 3. The van der Waals surface area contributed by atoms with E-state index in [0.717, 1.165) is 37.1 Å². The van der Waals surface area contributed by atoms with Gasteiger partial charge in [-0.2, -0.15) is 0 Å². The van der Waals surface area contributed by atoms with E-state index in [1.54, 1.807) is 6.20 Å². The lowest BCUT2D eigenvalue weighted by molar-refractivity contribution is -0.130. The van der Waals surface area contributed by atoms with Gasteiger partial charge >= 0.3 is 0 Å². The maximum Gasteiger partial charge on any atom is 0.225 e. The van der Waals surface area contributed by atoms with E-state index in [2.05, 4.69) is 28.5 Å². The van der Waals surface area contributed by atoms with Gasteiger partial charge in [-0.3, -0.25) is 9.59 Å². The number of carbonyl (C=O) groups excluding carboxylic acids is 2. The zero-order valence-electron chi connectivity index (χ0n) is 13.1. The van der Waals surface area contributed by atoms with Crippen molar-refractivity contribution in [3.63, 3.8) is 0 Å². The number of rotatable bonds is 3. The summed E-state index contributed by atoms with van der Waals surface area (Å²) >= 11 is 0. The number of nitrogens with zero attached hydrogens (tertiary/aromatic N) is 2. The van der Waals surface area contributed by atoms with Crippen LogP contribution in [0.1, 0.15) is 30.4 Å². The van der Waals surface area contributed by atoms with E-state index < -0.39 is 0 Å². The molecule has 4 rings (SSSR count). The second-order valence-electron chi connectivity index (χ2n) is 6.79. The van der Waals surface area contributed by atoms with Crippen LogP contribution in [0.15, 0.2) is 24.4 Å². The lowest BCUT2D eigenvalue weighted by atomic mass is 10.0. The number of aryl methyl sites for hydroxylation is 2. The van der Waals surface area contributed by atoms with Crippen LogP contribution in [-0.2, 0) is 22.4 Å². The second-order valence-corrected chi connectivity index (χ2v) is 6.79. The molecule has 0 radical (unpaired) electrons. The van der Waals surface area contributed by atoms with Gasteiger partial charge in [-0.05, 0) is 42.2 Å². The summed E-state index contributed by atoms with van der Waals surface area (Å²) in [5, 5.41) is 2.79. The monoisotopic (exact) mass is 311 g/mol. The predicted molar refractivity (Wildman–Crippen MR) is 86.8 cm³/mol. The van der Waals surface area contributed by atoms with Crippen LogP contribution in [0.25, 0.3) is 0 Å². The molecule has 3 aliphatic rings. The molecule has 1 aliphatic carbocycles. The lowest BCUT2D eigenvalue weighted by Crippen LogP contribution is -2.29. The number of likely N-dealkylation sites (tertiary alicyclic amines) is 1. The molecule has 5 nitrogen and oxygen atoms in total. The Morgan fingerprint density at radius 3 is 3.13 bits per heavy atom.